The van der Waals surface area contributed by atoms with Crippen LogP contribution in [-0.2, 0) is 14.9 Å². The highest BCUT2D eigenvalue weighted by molar-refractivity contribution is 5.36. The highest BCUT2D eigenvalue weighted by Gasteiger charge is 2.42. The molecule has 0 aliphatic heterocycles. The molecule has 0 heterocycles. The number of hydrogen-bond donors (Lipinski definition) is 1. The van der Waals surface area contributed by atoms with Crippen LogP contribution in [-0.4, -0.2) is 27.4 Å². The van der Waals surface area contributed by atoms with E-state index in [1.807, 2.05) is 0 Å². The molecule has 0 spiro atoms. The summed E-state index contributed by atoms with van der Waals surface area (Å²) < 4.78 is 10.6. The van der Waals surface area contributed by atoms with E-state index in [1.165, 1.54) is 24.0 Å². The van der Waals surface area contributed by atoms with Gasteiger partial charge in [-0.05, 0) is 24.0 Å². The highest BCUT2D eigenvalue weighted by Crippen LogP contribution is 2.47. The smallest absolute Gasteiger partial charge is 0.105 e. The van der Waals surface area contributed by atoms with Crippen molar-refractivity contribution in [2.45, 2.75) is 24.4 Å². The Bertz CT molecular complexity index is 374. The third-order valence-electron chi connectivity index (χ3n) is 3.72. The van der Waals surface area contributed by atoms with Crippen LogP contribution in [0.1, 0.15) is 30.1 Å². The van der Waals surface area contributed by atoms with Crippen LogP contribution in [0.15, 0.2) is 24.3 Å². The molecule has 3 nitrogen and oxygen atoms in total. The predicted molar refractivity (Wildman–Crippen MR) is 68.0 cm³/mol. The summed E-state index contributed by atoms with van der Waals surface area (Å²) in [6.45, 7) is 1.31. The van der Waals surface area contributed by atoms with Gasteiger partial charge in [0.25, 0.3) is 0 Å². The van der Waals surface area contributed by atoms with Crippen molar-refractivity contribution in [2.24, 2.45) is 5.73 Å². The summed E-state index contributed by atoms with van der Waals surface area (Å²) in [5.74, 6) is 0. The van der Waals surface area contributed by atoms with Crippen molar-refractivity contribution in [2.75, 3.05) is 27.4 Å². The Morgan fingerprint density at radius 2 is 2.12 bits per heavy atom. The molecule has 1 aromatic carbocycles. The molecular weight excluding hydrogens is 214 g/mol. The minimum Gasteiger partial charge on any atom is -0.382 e. The molecule has 0 radical (unpaired) electrons. The molecule has 1 atom stereocenters. The molecule has 1 saturated carbocycles. The zero-order chi connectivity index (χ0) is 12.3. The Morgan fingerprint density at radius 3 is 2.65 bits per heavy atom. The fourth-order valence-electron chi connectivity index (χ4n) is 2.28. The third-order valence-corrected chi connectivity index (χ3v) is 3.72. The maximum absolute atomic E-state index is 5.86. The number of ether oxygens (including phenoxy) is 2. The lowest BCUT2D eigenvalue weighted by molar-refractivity contribution is 0.0274. The van der Waals surface area contributed by atoms with Gasteiger partial charge in [0.15, 0.2) is 0 Å². The van der Waals surface area contributed by atoms with Crippen LogP contribution >= 0.6 is 0 Å². The van der Waals surface area contributed by atoms with Crippen LogP contribution < -0.4 is 5.73 Å². The van der Waals surface area contributed by atoms with E-state index in [9.17, 15) is 0 Å². The molecule has 94 valence electrons. The number of nitrogens with two attached hydrogens (primary N) is 1. The minimum atomic E-state index is 0.00789. The van der Waals surface area contributed by atoms with Gasteiger partial charge in [-0.25, -0.2) is 0 Å². The second-order valence-electron chi connectivity index (χ2n) is 4.79. The van der Waals surface area contributed by atoms with E-state index in [0.29, 0.717) is 6.61 Å². The summed E-state index contributed by atoms with van der Waals surface area (Å²) in [7, 11) is 3.41. The summed E-state index contributed by atoms with van der Waals surface area (Å²) in [5, 5.41) is 0. The van der Waals surface area contributed by atoms with Crippen molar-refractivity contribution in [3.8, 4) is 0 Å². The second-order valence-corrected chi connectivity index (χ2v) is 4.79. The van der Waals surface area contributed by atoms with E-state index in [4.69, 9.17) is 15.2 Å². The summed E-state index contributed by atoms with van der Waals surface area (Å²) in [6.07, 6.45) is 2.41. The van der Waals surface area contributed by atoms with Crippen LogP contribution in [0.3, 0.4) is 0 Å². The monoisotopic (exact) mass is 235 g/mol. The first kappa shape index (κ1) is 12.6. The van der Waals surface area contributed by atoms with E-state index in [0.717, 1.165) is 6.54 Å². The minimum absolute atomic E-state index is 0.00789. The van der Waals surface area contributed by atoms with E-state index < -0.39 is 0 Å². The molecule has 1 aliphatic carbocycles. The quantitative estimate of drug-likeness (QED) is 0.820. The van der Waals surface area contributed by atoms with Crippen LogP contribution in [0.4, 0.5) is 0 Å². The van der Waals surface area contributed by atoms with Gasteiger partial charge in [0, 0.05) is 26.2 Å². The first-order chi connectivity index (χ1) is 8.25. The first-order valence-electron chi connectivity index (χ1n) is 6.08. The molecule has 1 fully saturated rings. The van der Waals surface area contributed by atoms with Crippen LogP contribution in [0.2, 0.25) is 0 Å². The molecular formula is C14H21NO2. The summed E-state index contributed by atoms with van der Waals surface area (Å²) in [4.78, 5) is 0. The van der Waals surface area contributed by atoms with Gasteiger partial charge in [-0.15, -0.1) is 0 Å². The summed E-state index contributed by atoms with van der Waals surface area (Å²) in [6, 6.07) is 8.56. The SMILES string of the molecule is COCC(OC)c1cccc(C2(CN)CC2)c1. The van der Waals surface area contributed by atoms with E-state index in [-0.39, 0.29) is 11.5 Å². The Balaban J connectivity index is 2.21. The average Bonchev–Trinajstić information content (AvgIpc) is 3.17. The molecule has 2 rings (SSSR count). The maximum Gasteiger partial charge on any atom is 0.105 e. The van der Waals surface area contributed by atoms with Crippen LogP contribution in [0, 0.1) is 0 Å². The molecule has 0 bridgehead atoms. The van der Waals surface area contributed by atoms with Crippen molar-refractivity contribution in [1.82, 2.24) is 0 Å². The van der Waals surface area contributed by atoms with Crippen LogP contribution in [0.25, 0.3) is 0 Å². The normalized spacial score (nSPS) is 19.0. The van der Waals surface area contributed by atoms with Gasteiger partial charge < -0.3 is 15.2 Å². The van der Waals surface area contributed by atoms with Crippen molar-refractivity contribution in [1.29, 1.82) is 0 Å². The lowest BCUT2D eigenvalue weighted by atomic mass is 9.93. The summed E-state index contributed by atoms with van der Waals surface area (Å²) >= 11 is 0. The Labute approximate surface area is 103 Å². The third kappa shape index (κ3) is 2.51. The molecule has 2 N–H and O–H groups in total. The topological polar surface area (TPSA) is 44.5 Å². The fraction of sp³-hybridized carbons (Fsp3) is 0.571. The zero-order valence-corrected chi connectivity index (χ0v) is 10.6. The lowest BCUT2D eigenvalue weighted by Crippen LogP contribution is -2.20. The van der Waals surface area contributed by atoms with Crippen molar-refractivity contribution >= 4 is 0 Å². The Morgan fingerprint density at radius 1 is 1.35 bits per heavy atom. The summed E-state index contributed by atoms with van der Waals surface area (Å²) in [5.41, 5.74) is 8.62. The van der Waals surface area contributed by atoms with Gasteiger partial charge in [0.1, 0.15) is 6.10 Å². The Hall–Kier alpha value is -0.900. The van der Waals surface area contributed by atoms with Crippen molar-refractivity contribution in [3.63, 3.8) is 0 Å². The van der Waals surface area contributed by atoms with Crippen molar-refractivity contribution < 1.29 is 9.47 Å². The highest BCUT2D eigenvalue weighted by atomic mass is 16.5. The molecule has 1 unspecified atom stereocenters. The average molecular weight is 235 g/mol. The molecule has 0 amide bonds. The molecule has 0 saturated heterocycles. The predicted octanol–water partition coefficient (Wildman–Crippen LogP) is 2.01. The van der Waals surface area contributed by atoms with Gasteiger partial charge in [0.05, 0.1) is 6.61 Å². The fourth-order valence-corrected chi connectivity index (χ4v) is 2.28. The largest absolute Gasteiger partial charge is 0.382 e. The number of benzene rings is 1. The number of hydrogen-bond acceptors (Lipinski definition) is 3. The number of methoxy groups -OCH3 is 2. The molecule has 1 aliphatic rings. The van der Waals surface area contributed by atoms with E-state index >= 15 is 0 Å². The zero-order valence-electron chi connectivity index (χ0n) is 10.6. The first-order valence-corrected chi connectivity index (χ1v) is 6.08. The second kappa shape index (κ2) is 5.17. The van der Waals surface area contributed by atoms with E-state index in [2.05, 4.69) is 24.3 Å². The van der Waals surface area contributed by atoms with Gasteiger partial charge >= 0.3 is 0 Å². The lowest BCUT2D eigenvalue weighted by Gasteiger charge is -2.18. The standard InChI is InChI=1S/C14H21NO2/c1-16-9-13(17-2)11-4-3-5-12(8-11)14(10-15)6-7-14/h3-5,8,13H,6-7,9-10,15H2,1-2H3. The Kier molecular flexibility index (Phi) is 3.82. The van der Waals surface area contributed by atoms with Gasteiger partial charge in [-0.1, -0.05) is 24.3 Å². The van der Waals surface area contributed by atoms with E-state index in [1.54, 1.807) is 14.2 Å². The van der Waals surface area contributed by atoms with Gasteiger partial charge in [-0.2, -0.15) is 0 Å². The number of rotatable bonds is 6. The van der Waals surface area contributed by atoms with Gasteiger partial charge in [0.2, 0.25) is 0 Å². The van der Waals surface area contributed by atoms with Crippen molar-refractivity contribution in [3.05, 3.63) is 35.4 Å². The molecule has 1 aromatic rings. The molecule has 3 heteroatoms. The van der Waals surface area contributed by atoms with Crippen LogP contribution in [0.5, 0.6) is 0 Å². The maximum atomic E-state index is 5.86. The molecule has 0 aromatic heterocycles. The molecule has 17 heavy (non-hydrogen) atoms. The van der Waals surface area contributed by atoms with Gasteiger partial charge in [-0.3, -0.25) is 0 Å².